The predicted molar refractivity (Wildman–Crippen MR) is 131 cm³/mol. The molecule has 11 heteroatoms. The van der Waals surface area contributed by atoms with Crippen LogP contribution in [0.4, 0.5) is 10.9 Å². The number of anilines is 1. The molecular weight excluding hydrogens is 466 g/mol. The van der Waals surface area contributed by atoms with E-state index < -0.39 is 0 Å². The van der Waals surface area contributed by atoms with Gasteiger partial charge < -0.3 is 10.6 Å². The molecule has 0 bridgehead atoms. The lowest BCUT2D eigenvalue weighted by Crippen LogP contribution is -2.28. The van der Waals surface area contributed by atoms with E-state index in [0.717, 1.165) is 53.7 Å². The fourth-order valence-electron chi connectivity index (χ4n) is 4.64. The number of fused-ring (bicyclic) bond motifs is 1. The first-order valence-corrected chi connectivity index (χ1v) is 13.0. The van der Waals surface area contributed by atoms with Crippen molar-refractivity contribution in [1.29, 1.82) is 0 Å². The maximum atomic E-state index is 13.3. The number of carbonyl (C=O) groups excluding carboxylic acids is 2. The van der Waals surface area contributed by atoms with Gasteiger partial charge in [-0.05, 0) is 67.2 Å². The van der Waals surface area contributed by atoms with Crippen LogP contribution in [0.3, 0.4) is 0 Å². The molecule has 3 heterocycles. The van der Waals surface area contributed by atoms with Crippen LogP contribution in [-0.2, 0) is 17.6 Å². The maximum absolute atomic E-state index is 13.3. The van der Waals surface area contributed by atoms with Gasteiger partial charge in [-0.15, -0.1) is 21.5 Å². The van der Waals surface area contributed by atoms with Crippen molar-refractivity contribution in [3.05, 3.63) is 34.5 Å². The fraction of sp³-hybridized carbons (Fsp3) is 0.500. The molecule has 1 atom stereocenters. The van der Waals surface area contributed by atoms with Crippen LogP contribution >= 0.6 is 11.3 Å². The van der Waals surface area contributed by atoms with Gasteiger partial charge in [-0.3, -0.25) is 19.4 Å². The summed E-state index contributed by atoms with van der Waals surface area (Å²) in [5.74, 6) is 1.04. The monoisotopic (exact) mass is 494 g/mol. The van der Waals surface area contributed by atoms with Gasteiger partial charge in [0, 0.05) is 29.5 Å². The van der Waals surface area contributed by atoms with Crippen LogP contribution in [0.5, 0.6) is 0 Å². The van der Waals surface area contributed by atoms with E-state index in [-0.39, 0.29) is 30.3 Å². The molecule has 4 aliphatic rings. The summed E-state index contributed by atoms with van der Waals surface area (Å²) in [5, 5.41) is 24.9. The predicted octanol–water partition coefficient (Wildman–Crippen LogP) is 2.67. The maximum Gasteiger partial charge on any atom is 0.254 e. The summed E-state index contributed by atoms with van der Waals surface area (Å²) in [6.07, 6.45) is 13.3. The van der Waals surface area contributed by atoms with Gasteiger partial charge in [-0.25, -0.2) is 4.99 Å². The third kappa shape index (κ3) is 4.77. The van der Waals surface area contributed by atoms with Crippen LogP contribution in [0.15, 0.2) is 23.5 Å². The molecule has 0 unspecified atom stereocenters. The number of nitrogens with one attached hydrogen (secondary N) is 2. The third-order valence-corrected chi connectivity index (χ3v) is 8.16. The highest BCUT2D eigenvalue weighted by Gasteiger charge is 2.35. The number of hydroxylamine groups is 1. The highest BCUT2D eigenvalue weighted by Crippen LogP contribution is 2.43. The largest absolute Gasteiger partial charge is 0.352 e. The van der Waals surface area contributed by atoms with Gasteiger partial charge in [0.15, 0.2) is 0 Å². The van der Waals surface area contributed by atoms with Gasteiger partial charge >= 0.3 is 0 Å². The Bertz CT molecular complexity index is 1270. The molecule has 2 aromatic heterocycles. The fourth-order valence-corrected chi connectivity index (χ4v) is 5.88. The Morgan fingerprint density at radius 3 is 2.89 bits per heavy atom. The lowest BCUT2D eigenvalue weighted by molar-refractivity contribution is -0.761. The standard InChI is InChI=1S/C24H27N7O3S/c32-21(15-5-6-15)28-23-20(22(33)25-11-14-3-4-14)18-10-17(7-8-19(18)35-23)31-13-26-29-24(31)27-16-2-1-9-30(34)12-16/h1-2,9,13-15,17H,3-8,10-12H2,(H2-,25,27,28,29,32,33,34)/p+1/t17-/m0/s1. The summed E-state index contributed by atoms with van der Waals surface area (Å²) in [7, 11) is 0. The van der Waals surface area contributed by atoms with E-state index in [1.165, 1.54) is 11.3 Å². The van der Waals surface area contributed by atoms with Crippen LogP contribution in [0.1, 0.15) is 58.9 Å². The van der Waals surface area contributed by atoms with Crippen LogP contribution < -0.4 is 10.6 Å². The molecule has 0 saturated heterocycles. The topological polar surface area (TPSA) is 125 Å². The Morgan fingerprint density at radius 1 is 1.26 bits per heavy atom. The van der Waals surface area contributed by atoms with Gasteiger partial charge in [-0.2, -0.15) is 0 Å². The van der Waals surface area contributed by atoms with Gasteiger partial charge in [0.1, 0.15) is 17.0 Å². The summed E-state index contributed by atoms with van der Waals surface area (Å²) >= 11 is 1.54. The molecule has 0 radical (unpaired) electrons. The number of aliphatic imine (C=N–C) groups is 1. The van der Waals surface area contributed by atoms with Gasteiger partial charge in [0.05, 0.1) is 5.56 Å². The average molecular weight is 495 g/mol. The molecule has 2 amide bonds. The Hall–Kier alpha value is -3.34. The lowest BCUT2D eigenvalue weighted by atomic mass is 9.91. The molecule has 182 valence electrons. The van der Waals surface area contributed by atoms with Crippen molar-refractivity contribution in [1.82, 2.24) is 20.1 Å². The van der Waals surface area contributed by atoms with Crippen molar-refractivity contribution in [2.45, 2.75) is 51.0 Å². The second-order valence-corrected chi connectivity index (χ2v) is 10.9. The molecule has 35 heavy (non-hydrogen) atoms. The third-order valence-electron chi connectivity index (χ3n) is 6.96. The summed E-state index contributed by atoms with van der Waals surface area (Å²) in [4.78, 5) is 31.6. The molecule has 2 aromatic rings. The summed E-state index contributed by atoms with van der Waals surface area (Å²) < 4.78 is 3.03. The number of hydrogen-bond donors (Lipinski definition) is 3. The number of aryl methyl sites for hydroxylation is 1. The van der Waals surface area contributed by atoms with Crippen molar-refractivity contribution in [3.63, 3.8) is 0 Å². The van der Waals surface area contributed by atoms with Gasteiger partial charge in [0.25, 0.3) is 11.9 Å². The Kier molecular flexibility index (Phi) is 5.71. The van der Waals surface area contributed by atoms with Gasteiger partial charge in [0.2, 0.25) is 18.7 Å². The van der Waals surface area contributed by atoms with Gasteiger partial charge in [-0.1, -0.05) is 0 Å². The van der Waals surface area contributed by atoms with E-state index in [1.54, 1.807) is 18.6 Å². The number of hydrogen-bond acceptors (Lipinski definition) is 7. The second-order valence-electron chi connectivity index (χ2n) is 9.77. The van der Waals surface area contributed by atoms with E-state index >= 15 is 0 Å². The average Bonchev–Trinajstić information content (AvgIpc) is 3.77. The summed E-state index contributed by atoms with van der Waals surface area (Å²) in [6.45, 7) is 0.959. The second kappa shape index (κ2) is 9.03. The van der Waals surface area contributed by atoms with Crippen LogP contribution in [-0.4, -0.2) is 61.5 Å². The molecule has 2 saturated carbocycles. The van der Waals surface area contributed by atoms with E-state index in [9.17, 15) is 14.8 Å². The first-order valence-electron chi connectivity index (χ1n) is 12.2. The van der Waals surface area contributed by atoms with Crippen molar-refractivity contribution in [2.75, 3.05) is 18.4 Å². The SMILES string of the molecule is O=C(NCC1CC1)c1c(NC(=O)C2CC2)sc2c1C[C@@H](n1cnnc1N=C1C=CC=[N+](O)C1)CC2. The first kappa shape index (κ1) is 22.1. The van der Waals surface area contributed by atoms with Crippen LogP contribution in [0.25, 0.3) is 0 Å². The quantitative estimate of drug-likeness (QED) is 0.403. The molecule has 0 aromatic carbocycles. The summed E-state index contributed by atoms with van der Waals surface area (Å²) in [5.41, 5.74) is 2.31. The minimum atomic E-state index is -0.100. The van der Waals surface area contributed by atoms with E-state index in [2.05, 4.69) is 25.8 Å². The number of carbonyl (C=O) groups is 2. The Morgan fingerprint density at radius 2 is 2.11 bits per heavy atom. The molecule has 1 aliphatic heterocycles. The first-order chi connectivity index (χ1) is 17.0. The number of nitrogens with zero attached hydrogens (tertiary/aromatic N) is 5. The van der Waals surface area contributed by atoms with Crippen LogP contribution in [0.2, 0.25) is 0 Å². The normalized spacial score (nSPS) is 22.6. The summed E-state index contributed by atoms with van der Waals surface area (Å²) in [6, 6.07) is 0.0396. The number of amides is 2. The number of aromatic nitrogens is 3. The lowest BCUT2D eigenvalue weighted by Gasteiger charge is -2.24. The van der Waals surface area contributed by atoms with Crippen LogP contribution in [0, 0.1) is 11.8 Å². The molecule has 2 fully saturated rings. The van der Waals surface area contributed by atoms with E-state index in [0.29, 0.717) is 41.1 Å². The molecule has 3 aliphatic carbocycles. The highest BCUT2D eigenvalue weighted by molar-refractivity contribution is 7.17. The number of allylic oxidation sites excluding steroid dienone is 1. The zero-order valence-corrected chi connectivity index (χ0v) is 20.1. The van der Waals surface area contributed by atoms with E-state index in [4.69, 9.17) is 0 Å². The molecular formula is C24H28N7O3S+. The zero-order valence-electron chi connectivity index (χ0n) is 19.3. The Balaban J connectivity index is 1.28. The molecule has 3 N–H and O–H groups in total. The van der Waals surface area contributed by atoms with Crippen molar-refractivity contribution < 1.29 is 19.5 Å². The zero-order chi connectivity index (χ0) is 23.9. The van der Waals surface area contributed by atoms with Crippen molar-refractivity contribution in [2.24, 2.45) is 16.8 Å². The Labute approximate surface area is 206 Å². The van der Waals surface area contributed by atoms with E-state index in [1.807, 2.05) is 10.6 Å². The molecule has 6 rings (SSSR count). The smallest absolute Gasteiger partial charge is 0.254 e. The number of rotatable bonds is 7. The van der Waals surface area contributed by atoms with Crippen molar-refractivity contribution in [3.8, 4) is 0 Å². The highest BCUT2D eigenvalue weighted by atomic mass is 32.1. The molecule has 10 nitrogen and oxygen atoms in total. The minimum absolute atomic E-state index is 0.0176. The molecule has 0 spiro atoms. The number of thiophene rings is 1. The minimum Gasteiger partial charge on any atom is -0.352 e. The van der Waals surface area contributed by atoms with Crippen molar-refractivity contribution >= 4 is 46.0 Å².